The van der Waals surface area contributed by atoms with Crippen molar-refractivity contribution in [1.29, 1.82) is 0 Å². The van der Waals surface area contributed by atoms with Crippen LogP contribution in [-0.2, 0) is 6.67 Å². The summed E-state index contributed by atoms with van der Waals surface area (Å²) in [5, 5.41) is 14.2. The molecule has 0 spiro atoms. The van der Waals surface area contributed by atoms with E-state index in [-0.39, 0.29) is 6.10 Å². The Morgan fingerprint density at radius 1 is 1.39 bits per heavy atom. The first-order chi connectivity index (χ1) is 11.2. The van der Waals surface area contributed by atoms with Gasteiger partial charge in [-0.3, -0.25) is 4.90 Å². The van der Waals surface area contributed by atoms with Crippen molar-refractivity contribution >= 4 is 12.2 Å². The number of ether oxygens (including phenoxy) is 1. The van der Waals surface area contributed by atoms with E-state index in [1.165, 1.54) is 0 Å². The Balaban J connectivity index is 1.73. The predicted molar refractivity (Wildman–Crippen MR) is 88.7 cm³/mol. The van der Waals surface area contributed by atoms with Gasteiger partial charge in [0.15, 0.2) is 0 Å². The second-order valence-electron chi connectivity index (χ2n) is 5.64. The summed E-state index contributed by atoms with van der Waals surface area (Å²) in [5.41, 5.74) is 0.858. The van der Waals surface area contributed by atoms with Gasteiger partial charge in [0.25, 0.3) is 4.84 Å². The van der Waals surface area contributed by atoms with E-state index < -0.39 is 0 Å². The Morgan fingerprint density at radius 3 is 2.87 bits per heavy atom. The monoisotopic (exact) mass is 335 g/mol. The van der Waals surface area contributed by atoms with Crippen LogP contribution in [0.3, 0.4) is 0 Å². The van der Waals surface area contributed by atoms with Crippen molar-refractivity contribution in [3.05, 3.63) is 29.1 Å². The highest BCUT2D eigenvalue weighted by Crippen LogP contribution is 2.22. The number of aromatic nitrogens is 2. The molecule has 0 saturated carbocycles. The van der Waals surface area contributed by atoms with Crippen molar-refractivity contribution in [1.82, 2.24) is 14.7 Å². The molecule has 1 saturated heterocycles. The molecule has 1 fully saturated rings. The number of β-amino-alcohol motifs (C(OH)–C–C–N with tert-alkyl or cyclic N) is 1. The van der Waals surface area contributed by atoms with Crippen LogP contribution < -0.4 is 4.74 Å². The maximum atomic E-state index is 9.75. The highest BCUT2D eigenvalue weighted by Gasteiger charge is 2.19. The predicted octanol–water partition coefficient (Wildman–Crippen LogP) is 2.69. The lowest BCUT2D eigenvalue weighted by Crippen LogP contribution is -2.39. The molecule has 1 aromatic heterocycles. The van der Waals surface area contributed by atoms with Crippen LogP contribution in [0.25, 0.3) is 11.5 Å². The van der Waals surface area contributed by atoms with Crippen LogP contribution in [0.15, 0.2) is 28.7 Å². The number of rotatable bonds is 5. The molecule has 1 aliphatic heterocycles. The largest absolute Gasteiger partial charge is 0.494 e. The van der Waals surface area contributed by atoms with E-state index >= 15 is 0 Å². The minimum absolute atomic E-state index is 0.268. The summed E-state index contributed by atoms with van der Waals surface area (Å²) in [6.07, 6.45) is 1.58. The highest BCUT2D eigenvalue weighted by molar-refractivity contribution is 7.71. The first kappa shape index (κ1) is 16.2. The maximum absolute atomic E-state index is 9.75. The van der Waals surface area contributed by atoms with Crippen LogP contribution in [-0.4, -0.2) is 45.6 Å². The summed E-state index contributed by atoms with van der Waals surface area (Å²) >= 11 is 5.26. The zero-order valence-electron chi connectivity index (χ0n) is 13.1. The summed E-state index contributed by atoms with van der Waals surface area (Å²) in [5.74, 6) is 1.31. The molecule has 1 aromatic carbocycles. The van der Waals surface area contributed by atoms with Gasteiger partial charge in [0.1, 0.15) is 5.75 Å². The Labute approximate surface area is 140 Å². The number of likely N-dealkylation sites (tertiary alicyclic amines) is 1. The second kappa shape index (κ2) is 7.25. The van der Waals surface area contributed by atoms with E-state index in [2.05, 4.69) is 10.00 Å². The summed E-state index contributed by atoms with van der Waals surface area (Å²) in [6.45, 7) is 4.70. The molecule has 124 valence electrons. The van der Waals surface area contributed by atoms with Gasteiger partial charge < -0.3 is 14.3 Å². The fraction of sp³-hybridized carbons (Fsp3) is 0.500. The first-order valence-corrected chi connectivity index (χ1v) is 8.28. The van der Waals surface area contributed by atoms with E-state index in [9.17, 15) is 5.11 Å². The van der Waals surface area contributed by atoms with E-state index in [4.69, 9.17) is 21.4 Å². The smallest absolute Gasteiger partial charge is 0.288 e. The van der Waals surface area contributed by atoms with Crippen molar-refractivity contribution in [2.45, 2.75) is 32.5 Å². The molecule has 0 unspecified atom stereocenters. The molecular formula is C16H21N3O3S. The molecular weight excluding hydrogens is 314 g/mol. The quantitative estimate of drug-likeness (QED) is 0.848. The van der Waals surface area contributed by atoms with Crippen LogP contribution in [0.5, 0.6) is 5.75 Å². The molecule has 6 nitrogen and oxygen atoms in total. The van der Waals surface area contributed by atoms with Gasteiger partial charge in [-0.1, -0.05) is 0 Å². The average Bonchev–Trinajstić information content (AvgIpc) is 2.89. The summed E-state index contributed by atoms with van der Waals surface area (Å²) in [4.78, 5) is 2.48. The summed E-state index contributed by atoms with van der Waals surface area (Å²) in [6, 6.07) is 7.58. The molecule has 2 heterocycles. The standard InChI is InChI=1S/C16H21N3O3S/c1-2-21-14-7-5-12(6-8-14)15-17-19(16(23)22-15)11-18-9-3-4-13(20)10-18/h5-8,13,20H,2-4,9-11H2,1H3/t13-/m0/s1. The van der Waals surface area contributed by atoms with E-state index in [0.717, 1.165) is 30.7 Å². The third kappa shape index (κ3) is 3.99. The van der Waals surface area contributed by atoms with E-state index in [1.807, 2.05) is 31.2 Å². The number of aliphatic hydroxyl groups is 1. The Kier molecular flexibility index (Phi) is 5.09. The Morgan fingerprint density at radius 2 is 2.17 bits per heavy atom. The normalized spacial score (nSPS) is 19.0. The number of benzene rings is 1. The van der Waals surface area contributed by atoms with Crippen molar-refractivity contribution in [2.75, 3.05) is 19.7 Å². The molecule has 1 aliphatic rings. The first-order valence-electron chi connectivity index (χ1n) is 7.87. The zero-order chi connectivity index (χ0) is 16.2. The van der Waals surface area contributed by atoms with Crippen LogP contribution >= 0.6 is 12.2 Å². The average molecular weight is 335 g/mol. The van der Waals surface area contributed by atoms with Gasteiger partial charge in [-0.15, -0.1) is 5.10 Å². The lowest BCUT2D eigenvalue weighted by atomic mass is 10.1. The zero-order valence-corrected chi connectivity index (χ0v) is 14.0. The van der Waals surface area contributed by atoms with Crippen LogP contribution in [0.4, 0.5) is 0 Å². The van der Waals surface area contributed by atoms with Gasteiger partial charge in [0.2, 0.25) is 5.89 Å². The lowest BCUT2D eigenvalue weighted by Gasteiger charge is -2.29. The van der Waals surface area contributed by atoms with E-state index in [1.54, 1.807) is 4.68 Å². The van der Waals surface area contributed by atoms with Gasteiger partial charge >= 0.3 is 0 Å². The SMILES string of the molecule is CCOc1ccc(-c2nn(CN3CCC[C@H](O)C3)c(=S)o2)cc1. The topological polar surface area (TPSA) is 63.7 Å². The Bertz CT molecular complexity index is 695. The van der Waals surface area contributed by atoms with Crippen molar-refractivity contribution in [3.8, 4) is 17.2 Å². The van der Waals surface area contributed by atoms with Gasteiger partial charge in [-0.2, -0.15) is 0 Å². The molecule has 0 bridgehead atoms. The van der Waals surface area contributed by atoms with Gasteiger partial charge in [0, 0.05) is 18.7 Å². The summed E-state index contributed by atoms with van der Waals surface area (Å²) in [7, 11) is 0. The number of hydrogen-bond donors (Lipinski definition) is 1. The number of hydrogen-bond acceptors (Lipinski definition) is 6. The number of piperidine rings is 1. The molecule has 1 N–H and O–H groups in total. The van der Waals surface area contributed by atoms with Gasteiger partial charge in [-0.25, -0.2) is 4.68 Å². The summed E-state index contributed by atoms with van der Waals surface area (Å²) < 4.78 is 12.7. The van der Waals surface area contributed by atoms with Gasteiger partial charge in [0.05, 0.1) is 19.4 Å². The second-order valence-corrected chi connectivity index (χ2v) is 5.99. The molecule has 3 rings (SSSR count). The maximum Gasteiger partial charge on any atom is 0.288 e. The fourth-order valence-corrected chi connectivity index (χ4v) is 2.90. The fourth-order valence-electron chi connectivity index (χ4n) is 2.72. The number of aliphatic hydroxyl groups excluding tert-OH is 1. The molecule has 2 aromatic rings. The van der Waals surface area contributed by atoms with Crippen molar-refractivity contribution in [2.24, 2.45) is 0 Å². The molecule has 0 radical (unpaired) electrons. The molecule has 23 heavy (non-hydrogen) atoms. The Hall–Kier alpha value is -1.70. The van der Waals surface area contributed by atoms with Crippen LogP contribution in [0.2, 0.25) is 0 Å². The molecule has 1 atom stereocenters. The highest BCUT2D eigenvalue weighted by atomic mass is 32.1. The van der Waals surface area contributed by atoms with Gasteiger partial charge in [-0.05, 0) is 56.2 Å². The molecule has 0 aliphatic carbocycles. The van der Waals surface area contributed by atoms with Crippen molar-refractivity contribution in [3.63, 3.8) is 0 Å². The van der Waals surface area contributed by atoms with Crippen LogP contribution in [0, 0.1) is 4.84 Å². The third-order valence-corrected chi connectivity index (χ3v) is 4.13. The van der Waals surface area contributed by atoms with Crippen LogP contribution in [0.1, 0.15) is 19.8 Å². The van der Waals surface area contributed by atoms with E-state index in [0.29, 0.717) is 30.5 Å². The third-order valence-electron chi connectivity index (χ3n) is 3.83. The molecule has 0 amide bonds. The number of nitrogens with zero attached hydrogens (tertiary/aromatic N) is 3. The minimum Gasteiger partial charge on any atom is -0.494 e. The lowest BCUT2D eigenvalue weighted by molar-refractivity contribution is 0.0509. The molecule has 7 heteroatoms. The minimum atomic E-state index is -0.268. The van der Waals surface area contributed by atoms with Crippen molar-refractivity contribution < 1.29 is 14.3 Å².